The summed E-state index contributed by atoms with van der Waals surface area (Å²) in [5.41, 5.74) is 3.87. The smallest absolute Gasteiger partial charge is 0.270 e. The number of fused-ring (bicyclic) bond motifs is 1. The highest BCUT2D eigenvalue weighted by atomic mass is 35.5. The minimum absolute atomic E-state index is 0.00363. The number of amides is 1. The van der Waals surface area contributed by atoms with Gasteiger partial charge in [0.05, 0.1) is 15.5 Å². The molecule has 0 aliphatic heterocycles. The first-order valence-electron chi connectivity index (χ1n) is 10.1. The van der Waals surface area contributed by atoms with Crippen LogP contribution < -0.4 is 5.32 Å². The molecule has 8 heteroatoms. The van der Waals surface area contributed by atoms with Crippen molar-refractivity contribution in [2.24, 2.45) is 0 Å². The number of carbonyl (C=O) groups excluding carboxylic acids is 1. The van der Waals surface area contributed by atoms with Crippen molar-refractivity contribution < 1.29 is 14.1 Å². The summed E-state index contributed by atoms with van der Waals surface area (Å²) in [6.45, 7) is 4.32. The molecule has 0 unspecified atom stereocenters. The fraction of sp³-hybridized carbons (Fsp3) is 0.167. The fourth-order valence-corrected chi connectivity index (χ4v) is 3.60. The van der Waals surface area contributed by atoms with Crippen molar-refractivity contribution in [3.63, 3.8) is 0 Å². The van der Waals surface area contributed by atoms with Crippen LogP contribution in [0.1, 0.15) is 42.1 Å². The number of hydrogen-bond acceptors (Lipinski definition) is 5. The average Bonchev–Trinajstić information content (AvgIpc) is 3.22. The number of nitro groups is 1. The van der Waals surface area contributed by atoms with Crippen molar-refractivity contribution in [1.82, 2.24) is 4.98 Å². The third-order valence-corrected chi connectivity index (χ3v) is 5.68. The van der Waals surface area contributed by atoms with Crippen LogP contribution in [-0.2, 0) is 0 Å². The molecule has 1 aromatic heterocycles. The topological polar surface area (TPSA) is 98.3 Å². The summed E-state index contributed by atoms with van der Waals surface area (Å²) < 4.78 is 5.91. The number of nitrogens with one attached hydrogen (secondary N) is 1. The number of carbonyl (C=O) groups is 1. The second-order valence-electron chi connectivity index (χ2n) is 7.51. The lowest BCUT2D eigenvalue weighted by Crippen LogP contribution is -2.12. The summed E-state index contributed by atoms with van der Waals surface area (Å²) in [7, 11) is 0. The van der Waals surface area contributed by atoms with Gasteiger partial charge in [0.2, 0.25) is 5.89 Å². The van der Waals surface area contributed by atoms with Crippen molar-refractivity contribution >= 4 is 40.0 Å². The molecular formula is C24H20ClN3O4. The SMILES string of the molecule is CC[C@H](C)c1ccc2oc(-c3cccc(NC(=O)c4ccc([N+](=O)[O-])cc4Cl)c3)nc2c1. The second-order valence-corrected chi connectivity index (χ2v) is 7.92. The Labute approximate surface area is 189 Å². The number of anilines is 1. The Morgan fingerprint density at radius 3 is 2.72 bits per heavy atom. The third-order valence-electron chi connectivity index (χ3n) is 5.37. The summed E-state index contributed by atoms with van der Waals surface area (Å²) in [6, 6.07) is 16.8. The van der Waals surface area contributed by atoms with Crippen LogP contribution in [0, 0.1) is 10.1 Å². The Bertz CT molecular complexity index is 1330. The Hall–Kier alpha value is -3.71. The standard InChI is InChI=1S/C24H20ClN3O4/c1-3-14(2)15-7-10-22-21(12-15)27-24(32-22)16-5-4-6-17(11-16)26-23(29)19-9-8-18(28(30)31)13-20(19)25/h4-14H,3H2,1-2H3,(H,26,29)/t14-/m0/s1. The molecule has 1 amide bonds. The lowest BCUT2D eigenvalue weighted by molar-refractivity contribution is -0.384. The molecule has 1 heterocycles. The van der Waals surface area contributed by atoms with Crippen LogP contribution in [-0.4, -0.2) is 15.8 Å². The minimum atomic E-state index is -0.566. The van der Waals surface area contributed by atoms with Crippen molar-refractivity contribution in [2.75, 3.05) is 5.32 Å². The Kier molecular flexibility index (Phi) is 5.92. The van der Waals surface area contributed by atoms with Gasteiger partial charge in [0.25, 0.3) is 11.6 Å². The summed E-state index contributed by atoms with van der Waals surface area (Å²) >= 11 is 6.06. The first-order valence-corrected chi connectivity index (χ1v) is 10.5. The predicted octanol–water partition coefficient (Wildman–Crippen LogP) is 6.82. The number of hydrogen-bond donors (Lipinski definition) is 1. The van der Waals surface area contributed by atoms with Crippen molar-refractivity contribution in [3.05, 3.63) is 86.9 Å². The van der Waals surface area contributed by atoms with Crippen LogP contribution in [0.2, 0.25) is 5.02 Å². The molecule has 0 saturated carbocycles. The number of nitro benzene ring substituents is 1. The maximum absolute atomic E-state index is 12.6. The molecular weight excluding hydrogens is 430 g/mol. The molecule has 3 aromatic carbocycles. The van der Waals surface area contributed by atoms with E-state index >= 15 is 0 Å². The van der Waals surface area contributed by atoms with Gasteiger partial charge < -0.3 is 9.73 Å². The van der Waals surface area contributed by atoms with Gasteiger partial charge in [-0.2, -0.15) is 0 Å². The number of oxazole rings is 1. The maximum atomic E-state index is 12.6. The third kappa shape index (κ3) is 4.33. The molecule has 0 fully saturated rings. The number of rotatable bonds is 6. The molecule has 32 heavy (non-hydrogen) atoms. The van der Waals surface area contributed by atoms with Crippen molar-refractivity contribution in [3.8, 4) is 11.5 Å². The van der Waals surface area contributed by atoms with Gasteiger partial charge in [0.1, 0.15) is 5.52 Å². The van der Waals surface area contributed by atoms with Crippen molar-refractivity contribution in [2.45, 2.75) is 26.2 Å². The molecule has 4 rings (SSSR count). The van der Waals surface area contributed by atoms with Crippen molar-refractivity contribution in [1.29, 1.82) is 0 Å². The van der Waals surface area contributed by atoms with Gasteiger partial charge in [-0.05, 0) is 54.3 Å². The van der Waals surface area contributed by atoms with Crippen LogP contribution in [0.3, 0.4) is 0 Å². The normalized spacial score (nSPS) is 12.0. The lowest BCUT2D eigenvalue weighted by Gasteiger charge is -2.07. The highest BCUT2D eigenvalue weighted by Gasteiger charge is 2.16. The Morgan fingerprint density at radius 1 is 1.19 bits per heavy atom. The van der Waals surface area contributed by atoms with E-state index in [4.69, 9.17) is 16.0 Å². The summed E-state index contributed by atoms with van der Waals surface area (Å²) in [4.78, 5) is 27.5. The highest BCUT2D eigenvalue weighted by molar-refractivity contribution is 6.34. The van der Waals surface area contributed by atoms with E-state index in [0.717, 1.165) is 18.0 Å². The van der Waals surface area contributed by atoms with Crippen LogP contribution >= 0.6 is 11.6 Å². The van der Waals surface area contributed by atoms with Gasteiger partial charge in [-0.1, -0.05) is 37.6 Å². The number of nitrogens with zero attached hydrogens (tertiary/aromatic N) is 2. The number of aromatic nitrogens is 1. The van der Waals surface area contributed by atoms with E-state index in [1.54, 1.807) is 18.2 Å². The monoisotopic (exact) mass is 449 g/mol. The summed E-state index contributed by atoms with van der Waals surface area (Å²) in [5.74, 6) is 0.410. The lowest BCUT2D eigenvalue weighted by atomic mass is 9.98. The molecule has 0 radical (unpaired) electrons. The maximum Gasteiger partial charge on any atom is 0.270 e. The molecule has 0 bridgehead atoms. The quantitative estimate of drug-likeness (QED) is 0.257. The first-order chi connectivity index (χ1) is 15.4. The van der Waals surface area contributed by atoms with Gasteiger partial charge in [-0.3, -0.25) is 14.9 Å². The molecule has 0 aliphatic carbocycles. The molecule has 4 aromatic rings. The summed E-state index contributed by atoms with van der Waals surface area (Å²) in [6.07, 6.45) is 1.04. The van der Waals surface area contributed by atoms with E-state index in [2.05, 4.69) is 30.2 Å². The van der Waals surface area contributed by atoms with E-state index < -0.39 is 10.8 Å². The van der Waals surface area contributed by atoms with E-state index in [1.165, 1.54) is 17.7 Å². The molecule has 0 spiro atoms. The Balaban J connectivity index is 1.58. The highest BCUT2D eigenvalue weighted by Crippen LogP contribution is 2.29. The number of non-ortho nitro benzene ring substituents is 1. The van der Waals surface area contributed by atoms with Crippen LogP contribution in [0.4, 0.5) is 11.4 Å². The molecule has 0 saturated heterocycles. The van der Waals surface area contributed by atoms with Gasteiger partial charge in [0.15, 0.2) is 5.58 Å². The largest absolute Gasteiger partial charge is 0.436 e. The van der Waals surface area contributed by atoms with Crippen LogP contribution in [0.5, 0.6) is 0 Å². The average molecular weight is 450 g/mol. The zero-order chi connectivity index (χ0) is 22.8. The van der Waals surface area contributed by atoms with Gasteiger partial charge in [-0.15, -0.1) is 0 Å². The zero-order valence-corrected chi connectivity index (χ0v) is 18.2. The molecule has 1 atom stereocenters. The first kappa shape index (κ1) is 21.5. The number of halogens is 1. The zero-order valence-electron chi connectivity index (χ0n) is 17.5. The van der Waals surface area contributed by atoms with E-state index in [-0.39, 0.29) is 16.3 Å². The van der Waals surface area contributed by atoms with Crippen LogP contribution in [0.25, 0.3) is 22.6 Å². The summed E-state index contributed by atoms with van der Waals surface area (Å²) in [5, 5.41) is 13.6. The molecule has 7 nitrogen and oxygen atoms in total. The molecule has 1 N–H and O–H groups in total. The minimum Gasteiger partial charge on any atom is -0.436 e. The molecule has 0 aliphatic rings. The molecule has 162 valence electrons. The van der Waals surface area contributed by atoms with E-state index in [0.29, 0.717) is 28.6 Å². The predicted molar refractivity (Wildman–Crippen MR) is 124 cm³/mol. The second kappa shape index (κ2) is 8.80. The van der Waals surface area contributed by atoms with Gasteiger partial charge in [-0.25, -0.2) is 4.98 Å². The Morgan fingerprint density at radius 2 is 2.00 bits per heavy atom. The van der Waals surface area contributed by atoms with Gasteiger partial charge >= 0.3 is 0 Å². The fourth-order valence-electron chi connectivity index (χ4n) is 3.34. The van der Waals surface area contributed by atoms with Gasteiger partial charge in [0, 0.05) is 23.4 Å². The van der Waals surface area contributed by atoms with E-state index in [1.807, 2.05) is 18.2 Å². The van der Waals surface area contributed by atoms with Crippen LogP contribution in [0.15, 0.2) is 65.1 Å². The number of benzene rings is 3. The van der Waals surface area contributed by atoms with E-state index in [9.17, 15) is 14.9 Å².